The number of hydrazone groups is 1. The molecule has 2 aromatic rings. The summed E-state index contributed by atoms with van der Waals surface area (Å²) in [5.74, 6) is -2.26. The number of benzene rings is 2. The van der Waals surface area contributed by atoms with Crippen LogP contribution in [0.15, 0.2) is 35.4 Å². The van der Waals surface area contributed by atoms with Crippen LogP contribution in [-0.2, 0) is 0 Å². The number of carbonyl (C=O) groups is 1. The van der Waals surface area contributed by atoms with Crippen molar-refractivity contribution in [1.82, 2.24) is 5.43 Å². The summed E-state index contributed by atoms with van der Waals surface area (Å²) in [7, 11) is 0. The Morgan fingerprint density at radius 1 is 1.09 bits per heavy atom. The third-order valence-corrected chi connectivity index (χ3v) is 3.25. The monoisotopic (exact) mass is 340 g/mol. The molecule has 0 fully saturated rings. The Bertz CT molecular complexity index is 763. The number of rotatable bonds is 3. The van der Waals surface area contributed by atoms with Crippen LogP contribution in [0.5, 0.6) is 17.2 Å². The molecule has 0 aromatic heterocycles. The molecule has 0 atom stereocenters. The number of hydrogen-bond acceptors (Lipinski definition) is 5. The highest BCUT2D eigenvalue weighted by atomic mass is 35.5. The molecule has 0 radical (unpaired) electrons. The van der Waals surface area contributed by atoms with E-state index in [2.05, 4.69) is 10.5 Å². The Hall–Kier alpha value is -2.44. The Morgan fingerprint density at radius 3 is 2.50 bits per heavy atom. The molecule has 22 heavy (non-hydrogen) atoms. The minimum Gasteiger partial charge on any atom is -0.504 e. The fourth-order valence-electron chi connectivity index (χ4n) is 1.58. The van der Waals surface area contributed by atoms with Crippen molar-refractivity contribution in [2.75, 3.05) is 0 Å². The highest BCUT2D eigenvalue weighted by Gasteiger charge is 2.11. The third-order valence-electron chi connectivity index (χ3n) is 2.71. The molecular formula is C14H10Cl2N2O4. The van der Waals surface area contributed by atoms with Crippen molar-refractivity contribution >= 4 is 35.3 Å². The van der Waals surface area contributed by atoms with E-state index in [9.17, 15) is 20.1 Å². The minimum atomic E-state index is -0.670. The maximum Gasteiger partial charge on any atom is 0.272 e. The maximum absolute atomic E-state index is 11.9. The van der Waals surface area contributed by atoms with Crippen LogP contribution in [0.3, 0.4) is 0 Å². The van der Waals surface area contributed by atoms with Crippen molar-refractivity contribution in [2.45, 2.75) is 0 Å². The first-order chi connectivity index (χ1) is 10.4. The Kier molecular flexibility index (Phi) is 4.75. The molecule has 4 N–H and O–H groups in total. The molecule has 0 aliphatic rings. The third kappa shape index (κ3) is 3.41. The molecule has 2 rings (SSSR count). The van der Waals surface area contributed by atoms with Crippen molar-refractivity contribution < 1.29 is 20.1 Å². The molecule has 1 amide bonds. The fourth-order valence-corrected chi connectivity index (χ4v) is 2.08. The number of hydrogen-bond donors (Lipinski definition) is 4. The number of phenols is 3. The van der Waals surface area contributed by atoms with E-state index in [4.69, 9.17) is 23.2 Å². The van der Waals surface area contributed by atoms with E-state index in [1.807, 2.05) is 0 Å². The lowest BCUT2D eigenvalue weighted by molar-refractivity contribution is 0.0955. The van der Waals surface area contributed by atoms with Crippen molar-refractivity contribution in [3.63, 3.8) is 0 Å². The van der Waals surface area contributed by atoms with Gasteiger partial charge in [0.15, 0.2) is 11.5 Å². The second-order valence-corrected chi connectivity index (χ2v) is 5.04. The van der Waals surface area contributed by atoms with Crippen molar-refractivity contribution in [2.24, 2.45) is 5.10 Å². The molecule has 0 unspecified atom stereocenters. The van der Waals surface area contributed by atoms with Gasteiger partial charge < -0.3 is 15.3 Å². The second kappa shape index (κ2) is 6.55. The first-order valence-electron chi connectivity index (χ1n) is 5.92. The number of nitrogens with one attached hydrogen (secondary N) is 1. The van der Waals surface area contributed by atoms with Crippen molar-refractivity contribution in [3.8, 4) is 17.2 Å². The highest BCUT2D eigenvalue weighted by Crippen LogP contribution is 2.36. The van der Waals surface area contributed by atoms with Gasteiger partial charge in [-0.25, -0.2) is 5.43 Å². The summed E-state index contributed by atoms with van der Waals surface area (Å²) < 4.78 is 0. The number of aromatic hydroxyl groups is 3. The minimum absolute atomic E-state index is 0.109. The van der Waals surface area contributed by atoms with Gasteiger partial charge in [0.2, 0.25) is 5.75 Å². The highest BCUT2D eigenvalue weighted by molar-refractivity contribution is 6.36. The van der Waals surface area contributed by atoms with Gasteiger partial charge in [0, 0.05) is 10.6 Å². The SMILES string of the molecule is O=C(N/N=C/c1ccc(O)c(O)c1O)c1ccc(Cl)cc1Cl. The first kappa shape index (κ1) is 15.9. The zero-order valence-electron chi connectivity index (χ0n) is 10.9. The van der Waals surface area contributed by atoms with Crippen LogP contribution < -0.4 is 5.43 Å². The number of carbonyl (C=O) groups excluding carboxylic acids is 1. The van der Waals surface area contributed by atoms with Gasteiger partial charge in [-0.3, -0.25) is 4.79 Å². The van der Waals surface area contributed by atoms with Gasteiger partial charge in [0.1, 0.15) is 0 Å². The van der Waals surface area contributed by atoms with Crippen LogP contribution in [0.25, 0.3) is 0 Å². The molecule has 0 saturated heterocycles. The van der Waals surface area contributed by atoms with Gasteiger partial charge in [-0.1, -0.05) is 23.2 Å². The summed E-state index contributed by atoms with van der Waals surface area (Å²) in [6.45, 7) is 0. The van der Waals surface area contributed by atoms with Crippen LogP contribution in [0.1, 0.15) is 15.9 Å². The lowest BCUT2D eigenvalue weighted by atomic mass is 10.2. The van der Waals surface area contributed by atoms with Gasteiger partial charge in [0.25, 0.3) is 5.91 Å². The van der Waals surface area contributed by atoms with Crippen LogP contribution in [0.4, 0.5) is 0 Å². The second-order valence-electron chi connectivity index (χ2n) is 4.19. The zero-order chi connectivity index (χ0) is 16.3. The average molecular weight is 341 g/mol. The number of amides is 1. The van der Waals surface area contributed by atoms with E-state index in [1.165, 1.54) is 30.3 Å². The molecule has 2 aromatic carbocycles. The molecule has 0 saturated carbocycles. The van der Waals surface area contributed by atoms with E-state index >= 15 is 0 Å². The van der Waals surface area contributed by atoms with E-state index in [0.29, 0.717) is 5.02 Å². The Balaban J connectivity index is 2.12. The molecule has 0 spiro atoms. The number of phenolic OH excluding ortho intramolecular Hbond substituents is 3. The average Bonchev–Trinajstić information content (AvgIpc) is 2.47. The number of halogens is 2. The predicted molar refractivity (Wildman–Crippen MR) is 83.0 cm³/mol. The van der Waals surface area contributed by atoms with Gasteiger partial charge in [-0.2, -0.15) is 5.10 Å². The van der Waals surface area contributed by atoms with Crippen molar-refractivity contribution in [1.29, 1.82) is 0 Å². The summed E-state index contributed by atoms with van der Waals surface area (Å²) in [4.78, 5) is 11.9. The van der Waals surface area contributed by atoms with Crippen LogP contribution in [0, 0.1) is 0 Å². The van der Waals surface area contributed by atoms with Gasteiger partial charge in [-0.05, 0) is 30.3 Å². The lowest BCUT2D eigenvalue weighted by Gasteiger charge is -2.04. The van der Waals surface area contributed by atoms with Crippen LogP contribution in [-0.4, -0.2) is 27.4 Å². The molecule has 0 bridgehead atoms. The largest absolute Gasteiger partial charge is 0.504 e. The number of nitrogens with zero attached hydrogens (tertiary/aromatic N) is 1. The Labute approximate surface area is 135 Å². The zero-order valence-corrected chi connectivity index (χ0v) is 12.4. The topological polar surface area (TPSA) is 102 Å². The smallest absolute Gasteiger partial charge is 0.272 e. The summed E-state index contributed by atoms with van der Waals surface area (Å²) in [5, 5.41) is 32.3. The van der Waals surface area contributed by atoms with Crippen LogP contribution in [0.2, 0.25) is 10.0 Å². The van der Waals surface area contributed by atoms with Crippen molar-refractivity contribution in [3.05, 3.63) is 51.5 Å². The van der Waals surface area contributed by atoms with E-state index in [0.717, 1.165) is 6.21 Å². The van der Waals surface area contributed by atoms with E-state index in [-0.39, 0.29) is 16.1 Å². The van der Waals surface area contributed by atoms with Crippen LogP contribution >= 0.6 is 23.2 Å². The summed E-state index contributed by atoms with van der Waals surface area (Å²) in [6, 6.07) is 6.87. The van der Waals surface area contributed by atoms with Gasteiger partial charge in [-0.15, -0.1) is 0 Å². The first-order valence-corrected chi connectivity index (χ1v) is 6.68. The van der Waals surface area contributed by atoms with E-state index < -0.39 is 23.2 Å². The molecule has 114 valence electrons. The normalized spacial score (nSPS) is 10.8. The maximum atomic E-state index is 11.9. The molecule has 0 heterocycles. The summed E-state index contributed by atoms with van der Waals surface area (Å²) >= 11 is 11.6. The molecule has 8 heteroatoms. The molecule has 0 aliphatic carbocycles. The molecule has 0 aliphatic heterocycles. The van der Waals surface area contributed by atoms with Gasteiger partial charge in [0.05, 0.1) is 16.8 Å². The molecule has 6 nitrogen and oxygen atoms in total. The van der Waals surface area contributed by atoms with E-state index in [1.54, 1.807) is 0 Å². The summed E-state index contributed by atoms with van der Waals surface area (Å²) in [5.41, 5.74) is 2.51. The Morgan fingerprint density at radius 2 is 1.82 bits per heavy atom. The molecular weight excluding hydrogens is 331 g/mol. The lowest BCUT2D eigenvalue weighted by Crippen LogP contribution is -2.18. The summed E-state index contributed by atoms with van der Waals surface area (Å²) in [6.07, 6.45) is 1.11. The predicted octanol–water partition coefficient (Wildman–Crippen LogP) is 2.87. The fraction of sp³-hybridized carbons (Fsp3) is 0. The van der Waals surface area contributed by atoms with Gasteiger partial charge >= 0.3 is 0 Å². The quantitative estimate of drug-likeness (QED) is 0.392. The standard InChI is InChI=1S/C14H10Cl2N2O4/c15-8-2-3-9(10(16)5-8)14(22)18-17-6-7-1-4-11(19)13(21)12(7)20/h1-6,19-21H,(H,18,22)/b17-6+.